The first-order valence-corrected chi connectivity index (χ1v) is 11.9. The van der Waals surface area contributed by atoms with Crippen LogP contribution in [0.25, 0.3) is 0 Å². The summed E-state index contributed by atoms with van der Waals surface area (Å²) in [5.41, 5.74) is 0. The van der Waals surface area contributed by atoms with Crippen LogP contribution in [0, 0.1) is 0 Å². The molecule has 0 aromatic rings. The van der Waals surface area contributed by atoms with Crippen molar-refractivity contribution >= 4 is 16.0 Å². The first kappa shape index (κ1) is 25.4. The minimum absolute atomic E-state index is 0.308. The maximum Gasteiger partial charge on any atom is 0.303 e. The van der Waals surface area contributed by atoms with E-state index in [0.717, 1.165) is 32.1 Å². The Kier molecular flexibility index (Phi) is 14.1. The van der Waals surface area contributed by atoms with Gasteiger partial charge in [-0.25, -0.2) is 13.1 Å². The molecule has 6 heteroatoms. The number of carboxylic acids is 1. The summed E-state index contributed by atoms with van der Waals surface area (Å²) in [5, 5.41) is 8.55. The van der Waals surface area contributed by atoms with Crippen molar-refractivity contribution in [2.75, 3.05) is 6.54 Å². The van der Waals surface area contributed by atoms with Gasteiger partial charge in [0.2, 0.25) is 10.0 Å². The molecule has 0 aromatic heterocycles. The highest BCUT2D eigenvalue weighted by atomic mass is 32.2. The average Bonchev–Trinajstić information content (AvgIpc) is 2.53. The van der Waals surface area contributed by atoms with E-state index >= 15 is 0 Å². The fourth-order valence-corrected chi connectivity index (χ4v) is 3.61. The van der Waals surface area contributed by atoms with E-state index in [-0.39, 0.29) is 0 Å². The van der Waals surface area contributed by atoms with Gasteiger partial charge in [0.25, 0.3) is 0 Å². The second kappa shape index (κ2) is 14.4. The Morgan fingerprint density at radius 2 is 1.08 bits per heavy atom. The van der Waals surface area contributed by atoms with Crippen molar-refractivity contribution in [3.63, 3.8) is 0 Å². The lowest BCUT2D eigenvalue weighted by atomic mass is 10.0. The topological polar surface area (TPSA) is 83.5 Å². The average molecular weight is 392 g/mol. The van der Waals surface area contributed by atoms with E-state index in [1.807, 2.05) is 0 Å². The number of rotatable bonds is 17. The Balaban J connectivity index is 3.26. The number of unbranched alkanes of at least 4 members (excludes halogenated alkanes) is 12. The molecule has 2 N–H and O–H groups in total. The van der Waals surface area contributed by atoms with Crippen LogP contribution in [0.5, 0.6) is 0 Å². The van der Waals surface area contributed by atoms with E-state index in [4.69, 9.17) is 5.11 Å². The number of hydrogen-bond acceptors (Lipinski definition) is 3. The number of hydrogen-bond donors (Lipinski definition) is 2. The molecule has 0 saturated carbocycles. The fraction of sp³-hybridized carbons (Fsp3) is 0.950. The normalized spacial score (nSPS) is 12.4. The largest absolute Gasteiger partial charge is 0.481 e. The zero-order valence-corrected chi connectivity index (χ0v) is 18.0. The van der Waals surface area contributed by atoms with Gasteiger partial charge < -0.3 is 5.11 Å². The van der Waals surface area contributed by atoms with E-state index in [0.29, 0.717) is 13.0 Å². The summed E-state index contributed by atoms with van der Waals surface area (Å²) in [6.45, 7) is 5.70. The summed E-state index contributed by atoms with van der Waals surface area (Å²) in [5.74, 6) is -0.684. The molecule has 0 rings (SSSR count). The van der Waals surface area contributed by atoms with Gasteiger partial charge in [0.05, 0.1) is 4.75 Å². The van der Waals surface area contributed by atoms with Crippen molar-refractivity contribution in [3.05, 3.63) is 0 Å². The second-order valence-electron chi connectivity index (χ2n) is 8.25. The van der Waals surface area contributed by atoms with Crippen LogP contribution in [0.2, 0.25) is 0 Å². The van der Waals surface area contributed by atoms with Crippen molar-refractivity contribution in [1.29, 1.82) is 0 Å². The van der Waals surface area contributed by atoms with Gasteiger partial charge in [0, 0.05) is 13.0 Å². The van der Waals surface area contributed by atoms with Gasteiger partial charge in [-0.2, -0.15) is 0 Å². The Bertz CT molecular complexity index is 455. The fourth-order valence-electron chi connectivity index (χ4n) is 2.77. The Labute approximate surface area is 161 Å². The summed E-state index contributed by atoms with van der Waals surface area (Å²) in [4.78, 5) is 10.4. The van der Waals surface area contributed by atoms with Crippen LogP contribution in [-0.4, -0.2) is 30.8 Å². The highest BCUT2D eigenvalue weighted by Gasteiger charge is 2.27. The molecule has 0 bridgehead atoms. The molecule has 0 aromatic carbocycles. The maximum absolute atomic E-state index is 11.9. The summed E-state index contributed by atoms with van der Waals surface area (Å²) >= 11 is 0. The van der Waals surface area contributed by atoms with Crippen LogP contribution < -0.4 is 4.72 Å². The predicted octanol–water partition coefficient (Wildman–Crippen LogP) is 5.25. The summed E-state index contributed by atoms with van der Waals surface area (Å²) in [6.07, 6.45) is 15.4. The number of carboxylic acid groups (broad SMARTS) is 1. The highest BCUT2D eigenvalue weighted by molar-refractivity contribution is 7.90. The third kappa shape index (κ3) is 14.5. The van der Waals surface area contributed by atoms with Gasteiger partial charge in [-0.3, -0.25) is 4.79 Å². The second-order valence-corrected chi connectivity index (χ2v) is 10.8. The third-order valence-electron chi connectivity index (χ3n) is 4.67. The molecule has 0 unspecified atom stereocenters. The van der Waals surface area contributed by atoms with Crippen LogP contribution in [0.15, 0.2) is 0 Å². The lowest BCUT2D eigenvalue weighted by Gasteiger charge is -2.19. The van der Waals surface area contributed by atoms with E-state index in [2.05, 4.69) is 4.72 Å². The summed E-state index contributed by atoms with van der Waals surface area (Å²) < 4.78 is 25.7. The van der Waals surface area contributed by atoms with E-state index in [1.54, 1.807) is 20.8 Å². The maximum atomic E-state index is 11.9. The molecule has 0 aliphatic heterocycles. The molecule has 0 radical (unpaired) electrons. The molecule has 0 saturated heterocycles. The molecule has 0 amide bonds. The Morgan fingerprint density at radius 3 is 1.42 bits per heavy atom. The minimum atomic E-state index is -3.20. The number of carbonyl (C=O) groups is 1. The van der Waals surface area contributed by atoms with Crippen molar-refractivity contribution in [2.24, 2.45) is 0 Å². The van der Waals surface area contributed by atoms with Crippen LogP contribution in [-0.2, 0) is 14.8 Å². The van der Waals surface area contributed by atoms with E-state index < -0.39 is 20.7 Å². The zero-order chi connectivity index (χ0) is 19.9. The third-order valence-corrected chi connectivity index (χ3v) is 6.86. The van der Waals surface area contributed by atoms with Gasteiger partial charge in [-0.05, 0) is 33.6 Å². The minimum Gasteiger partial charge on any atom is -0.481 e. The predicted molar refractivity (Wildman–Crippen MR) is 109 cm³/mol. The number of nitrogens with one attached hydrogen (secondary N) is 1. The molecule has 0 heterocycles. The number of sulfonamides is 1. The van der Waals surface area contributed by atoms with Gasteiger partial charge in [-0.1, -0.05) is 70.6 Å². The lowest BCUT2D eigenvalue weighted by molar-refractivity contribution is -0.137. The summed E-state index contributed by atoms with van der Waals surface area (Å²) in [7, 11) is -3.20. The Morgan fingerprint density at radius 1 is 0.731 bits per heavy atom. The molecule has 0 aliphatic rings. The van der Waals surface area contributed by atoms with Gasteiger partial charge >= 0.3 is 5.97 Å². The molecular formula is C20H41NO4S. The smallest absolute Gasteiger partial charge is 0.303 e. The van der Waals surface area contributed by atoms with Crippen molar-refractivity contribution in [3.8, 4) is 0 Å². The van der Waals surface area contributed by atoms with Crippen LogP contribution in [0.1, 0.15) is 111 Å². The van der Waals surface area contributed by atoms with Gasteiger partial charge in [0.15, 0.2) is 0 Å². The van der Waals surface area contributed by atoms with E-state index in [1.165, 1.54) is 51.4 Å². The van der Waals surface area contributed by atoms with Crippen LogP contribution in [0.4, 0.5) is 0 Å². The molecular weight excluding hydrogens is 350 g/mol. The zero-order valence-electron chi connectivity index (χ0n) is 17.2. The quantitative estimate of drug-likeness (QED) is 0.332. The standard InChI is InChI=1S/C20H41NO4S/c1-20(2,3)26(24,25)21-18-16-14-12-10-8-6-4-5-7-9-11-13-15-17-19(22)23/h21H,4-18H2,1-3H3,(H,22,23). The first-order valence-electron chi connectivity index (χ1n) is 10.4. The molecule has 0 fully saturated rings. The Hall–Kier alpha value is -0.620. The van der Waals surface area contributed by atoms with Crippen LogP contribution >= 0.6 is 0 Å². The SMILES string of the molecule is CC(C)(C)S(=O)(=O)NCCCCCCCCCCCCCCCC(=O)O. The monoisotopic (exact) mass is 391 g/mol. The van der Waals surface area contributed by atoms with Crippen molar-refractivity contribution in [2.45, 2.75) is 115 Å². The highest BCUT2D eigenvalue weighted by Crippen LogP contribution is 2.14. The molecule has 0 atom stereocenters. The van der Waals surface area contributed by atoms with Crippen molar-refractivity contribution < 1.29 is 18.3 Å². The molecule has 0 aliphatic carbocycles. The lowest BCUT2D eigenvalue weighted by Crippen LogP contribution is -2.39. The van der Waals surface area contributed by atoms with Gasteiger partial charge in [-0.15, -0.1) is 0 Å². The first-order chi connectivity index (χ1) is 12.2. The van der Waals surface area contributed by atoms with E-state index in [9.17, 15) is 13.2 Å². The number of aliphatic carboxylic acids is 1. The van der Waals surface area contributed by atoms with Gasteiger partial charge in [0.1, 0.15) is 0 Å². The molecule has 0 spiro atoms. The summed E-state index contributed by atoms with van der Waals surface area (Å²) in [6, 6.07) is 0. The molecule has 26 heavy (non-hydrogen) atoms. The van der Waals surface area contributed by atoms with Crippen molar-refractivity contribution in [1.82, 2.24) is 4.72 Å². The molecule has 156 valence electrons. The molecule has 5 nitrogen and oxygen atoms in total. The van der Waals surface area contributed by atoms with Crippen LogP contribution in [0.3, 0.4) is 0 Å².